The fourth-order valence-electron chi connectivity index (χ4n) is 2.09. The van der Waals surface area contributed by atoms with E-state index in [1.165, 1.54) is 13.4 Å². The van der Waals surface area contributed by atoms with Gasteiger partial charge in [0.1, 0.15) is 6.26 Å². The number of oxazole rings is 1. The maximum absolute atomic E-state index is 12.7. The minimum Gasteiger partial charge on any atom is -0.464 e. The van der Waals surface area contributed by atoms with E-state index in [1.54, 1.807) is 17.0 Å². The number of aromatic nitrogens is 1. The van der Waals surface area contributed by atoms with Crippen LogP contribution in [0.4, 0.5) is 10.5 Å². The van der Waals surface area contributed by atoms with Gasteiger partial charge in [0.25, 0.3) is 0 Å². The summed E-state index contributed by atoms with van der Waals surface area (Å²) in [5, 5.41) is 2.85. The summed E-state index contributed by atoms with van der Waals surface area (Å²) in [5.74, 6) is -0.337. The normalized spacial score (nSPS) is 11.1. The maximum atomic E-state index is 12.7. The first kappa shape index (κ1) is 19.0. The van der Waals surface area contributed by atoms with Crippen LogP contribution in [0.25, 0.3) is 0 Å². The lowest BCUT2D eigenvalue weighted by Crippen LogP contribution is -2.47. The molecule has 134 valence electrons. The van der Waals surface area contributed by atoms with Crippen molar-refractivity contribution in [2.45, 2.75) is 32.9 Å². The number of nitrogens with one attached hydrogen (secondary N) is 1. The lowest BCUT2D eigenvalue weighted by atomic mass is 10.1. The average Bonchev–Trinajstić information content (AvgIpc) is 2.99. The number of urea groups is 1. The molecule has 0 saturated carbocycles. The number of halogens is 1. The first-order valence-corrected chi connectivity index (χ1v) is 8.37. The third kappa shape index (κ3) is 5.06. The number of benzene rings is 1. The smallest absolute Gasteiger partial charge is 0.360 e. The Kier molecular flexibility index (Phi) is 5.84. The zero-order chi connectivity index (χ0) is 18.6. The number of hydrogen-bond acceptors (Lipinski definition) is 5. The van der Waals surface area contributed by atoms with Gasteiger partial charge in [0.15, 0.2) is 5.69 Å². The Hall–Kier alpha value is -2.35. The molecule has 1 aromatic heterocycles. The summed E-state index contributed by atoms with van der Waals surface area (Å²) in [6, 6.07) is 7.00. The van der Waals surface area contributed by atoms with Gasteiger partial charge < -0.3 is 19.4 Å². The Morgan fingerprint density at radius 3 is 2.68 bits per heavy atom. The molecule has 0 aliphatic rings. The highest BCUT2D eigenvalue weighted by Crippen LogP contribution is 2.21. The Morgan fingerprint density at radius 1 is 1.36 bits per heavy atom. The first-order valence-electron chi connectivity index (χ1n) is 7.57. The number of hydrogen-bond donors (Lipinski definition) is 1. The van der Waals surface area contributed by atoms with Crippen molar-refractivity contribution in [2.24, 2.45) is 0 Å². The minimum absolute atomic E-state index is 0.0683. The van der Waals surface area contributed by atoms with Gasteiger partial charge in [-0.15, -0.1) is 0 Å². The molecule has 2 rings (SSSR count). The van der Waals surface area contributed by atoms with Crippen LogP contribution in [0.3, 0.4) is 0 Å². The van der Waals surface area contributed by atoms with Crippen LogP contribution in [0.2, 0.25) is 0 Å². The third-order valence-corrected chi connectivity index (χ3v) is 3.86. The van der Waals surface area contributed by atoms with Crippen LogP contribution in [0.15, 0.2) is 39.4 Å². The van der Waals surface area contributed by atoms with Crippen LogP contribution in [0.5, 0.6) is 0 Å². The molecule has 0 bridgehead atoms. The fraction of sp³-hybridized carbons (Fsp3) is 0.353. The monoisotopic (exact) mass is 409 g/mol. The average molecular weight is 410 g/mol. The molecule has 0 aliphatic heterocycles. The van der Waals surface area contributed by atoms with E-state index in [0.717, 1.165) is 4.47 Å². The summed E-state index contributed by atoms with van der Waals surface area (Å²) >= 11 is 3.37. The quantitative estimate of drug-likeness (QED) is 0.769. The molecule has 0 fully saturated rings. The predicted molar refractivity (Wildman–Crippen MR) is 96.3 cm³/mol. The summed E-state index contributed by atoms with van der Waals surface area (Å²) in [6.45, 7) is 5.81. The van der Waals surface area contributed by atoms with Gasteiger partial charge in [-0.25, -0.2) is 14.6 Å². The maximum Gasteiger partial charge on any atom is 0.360 e. The van der Waals surface area contributed by atoms with Crippen molar-refractivity contribution in [3.8, 4) is 0 Å². The van der Waals surface area contributed by atoms with E-state index in [0.29, 0.717) is 5.69 Å². The highest BCUT2D eigenvalue weighted by Gasteiger charge is 2.28. The third-order valence-electron chi connectivity index (χ3n) is 3.37. The highest BCUT2D eigenvalue weighted by atomic mass is 79.9. The molecular formula is C17H20BrN3O4. The first-order chi connectivity index (χ1) is 11.7. The topological polar surface area (TPSA) is 84.7 Å². The van der Waals surface area contributed by atoms with Crippen molar-refractivity contribution in [1.82, 2.24) is 9.88 Å². The standard InChI is InChI=1S/C17H20BrN3O4/c1-17(2,3)21(9-14-20-13(10-25-14)15(22)24-4)16(23)19-12-7-5-6-11(18)8-12/h5-8,10H,9H2,1-4H3,(H,19,23). The second kappa shape index (κ2) is 7.69. The molecule has 25 heavy (non-hydrogen) atoms. The minimum atomic E-state index is -0.587. The molecule has 0 atom stereocenters. The molecule has 0 aliphatic carbocycles. The number of anilines is 1. The van der Waals surface area contributed by atoms with Gasteiger partial charge in [-0.05, 0) is 39.0 Å². The molecule has 0 spiro atoms. The van der Waals surface area contributed by atoms with Gasteiger partial charge in [0.05, 0.1) is 13.7 Å². The van der Waals surface area contributed by atoms with E-state index >= 15 is 0 Å². The van der Waals surface area contributed by atoms with Crippen LogP contribution < -0.4 is 5.32 Å². The SMILES string of the molecule is COC(=O)c1coc(CN(C(=O)Nc2cccc(Br)c2)C(C)(C)C)n1. The predicted octanol–water partition coefficient (Wildman–Crippen LogP) is 4.06. The summed E-state index contributed by atoms with van der Waals surface area (Å²) < 4.78 is 10.8. The molecule has 1 aromatic carbocycles. The molecule has 8 heteroatoms. The van der Waals surface area contributed by atoms with E-state index in [1.807, 2.05) is 32.9 Å². The molecule has 2 amide bonds. The number of ether oxygens (including phenoxy) is 1. The molecule has 0 unspecified atom stereocenters. The van der Waals surface area contributed by atoms with Crippen LogP contribution in [0, 0.1) is 0 Å². The summed E-state index contributed by atoms with van der Waals surface area (Å²) in [4.78, 5) is 29.8. The van der Waals surface area contributed by atoms with E-state index in [-0.39, 0.29) is 24.2 Å². The Balaban J connectivity index is 2.17. The van der Waals surface area contributed by atoms with Crippen molar-refractivity contribution in [3.63, 3.8) is 0 Å². The molecule has 2 aromatic rings. The largest absolute Gasteiger partial charge is 0.464 e. The lowest BCUT2D eigenvalue weighted by molar-refractivity contribution is 0.0594. The number of amides is 2. The van der Waals surface area contributed by atoms with E-state index < -0.39 is 11.5 Å². The van der Waals surface area contributed by atoms with E-state index in [4.69, 9.17) is 4.42 Å². The molecule has 1 heterocycles. The van der Waals surface area contributed by atoms with E-state index in [9.17, 15) is 9.59 Å². The van der Waals surface area contributed by atoms with Crippen molar-refractivity contribution in [1.29, 1.82) is 0 Å². The van der Waals surface area contributed by atoms with Gasteiger partial charge in [0, 0.05) is 15.7 Å². The van der Waals surface area contributed by atoms with Crippen molar-refractivity contribution in [3.05, 3.63) is 46.6 Å². The number of carbonyl (C=O) groups is 2. The summed E-state index contributed by atoms with van der Waals surface area (Å²) in [7, 11) is 1.27. The second-order valence-corrected chi connectivity index (χ2v) is 7.23. The van der Waals surface area contributed by atoms with Gasteiger partial charge >= 0.3 is 12.0 Å². The number of rotatable bonds is 4. The molecular weight excluding hydrogens is 390 g/mol. The Bertz CT molecular complexity index is 767. The summed E-state index contributed by atoms with van der Waals surface area (Å²) in [6.07, 6.45) is 1.22. The van der Waals surface area contributed by atoms with Crippen LogP contribution >= 0.6 is 15.9 Å². The molecule has 7 nitrogen and oxygen atoms in total. The Morgan fingerprint density at radius 2 is 2.08 bits per heavy atom. The number of nitrogens with zero attached hydrogens (tertiary/aromatic N) is 2. The van der Waals surface area contributed by atoms with Gasteiger partial charge in [0.2, 0.25) is 5.89 Å². The fourth-order valence-corrected chi connectivity index (χ4v) is 2.49. The lowest BCUT2D eigenvalue weighted by Gasteiger charge is -2.34. The van der Waals surface area contributed by atoms with E-state index in [2.05, 4.69) is 31.0 Å². The number of methoxy groups -OCH3 is 1. The highest BCUT2D eigenvalue weighted by molar-refractivity contribution is 9.10. The summed E-state index contributed by atoms with van der Waals surface area (Å²) in [5.41, 5.74) is 0.241. The van der Waals surface area contributed by atoms with Gasteiger partial charge in [-0.1, -0.05) is 22.0 Å². The molecule has 0 saturated heterocycles. The zero-order valence-electron chi connectivity index (χ0n) is 14.5. The second-order valence-electron chi connectivity index (χ2n) is 6.32. The van der Waals surface area contributed by atoms with Crippen LogP contribution in [-0.4, -0.2) is 34.5 Å². The zero-order valence-corrected chi connectivity index (χ0v) is 16.1. The number of esters is 1. The molecule has 0 radical (unpaired) electrons. The van der Waals surface area contributed by atoms with Crippen molar-refractivity contribution < 1.29 is 18.7 Å². The van der Waals surface area contributed by atoms with Gasteiger partial charge in [-0.3, -0.25) is 0 Å². The molecule has 1 N–H and O–H groups in total. The van der Waals surface area contributed by atoms with Crippen molar-refractivity contribution in [2.75, 3.05) is 12.4 Å². The van der Waals surface area contributed by atoms with Crippen LogP contribution in [-0.2, 0) is 11.3 Å². The number of carbonyl (C=O) groups excluding carboxylic acids is 2. The van der Waals surface area contributed by atoms with Crippen LogP contribution in [0.1, 0.15) is 37.2 Å². The van der Waals surface area contributed by atoms with Crippen molar-refractivity contribution >= 4 is 33.6 Å². The Labute approximate surface area is 154 Å². The van der Waals surface area contributed by atoms with Gasteiger partial charge in [-0.2, -0.15) is 0 Å².